The Bertz CT molecular complexity index is 400. The van der Waals surface area contributed by atoms with Crippen molar-refractivity contribution in [3.63, 3.8) is 0 Å². The first-order valence-electron chi connectivity index (χ1n) is 3.24. The zero-order valence-corrected chi connectivity index (χ0v) is 7.52. The zero-order valence-electron chi connectivity index (χ0n) is 6.70. The summed E-state index contributed by atoms with van der Waals surface area (Å²) in [7, 11) is -3.28. The van der Waals surface area contributed by atoms with Gasteiger partial charge >= 0.3 is 0 Å². The Morgan fingerprint density at radius 1 is 1.42 bits per heavy atom. The van der Waals surface area contributed by atoms with Gasteiger partial charge in [-0.1, -0.05) is 0 Å². The van der Waals surface area contributed by atoms with Crippen LogP contribution in [0.1, 0.15) is 5.69 Å². The molecular weight excluding hydrogens is 181 g/mol. The highest BCUT2D eigenvalue weighted by Gasteiger charge is 2.11. The fourth-order valence-corrected chi connectivity index (χ4v) is 1.81. The summed E-state index contributed by atoms with van der Waals surface area (Å²) in [5.74, 6) is -0.667. The van der Waals surface area contributed by atoms with Gasteiger partial charge in [0.1, 0.15) is 0 Å². The molecule has 1 aromatic heterocycles. The van der Waals surface area contributed by atoms with Crippen LogP contribution in [0.3, 0.4) is 0 Å². The molecule has 5 heteroatoms. The lowest BCUT2D eigenvalue weighted by molar-refractivity contribution is 0.572. The summed E-state index contributed by atoms with van der Waals surface area (Å²) in [5.41, 5.74) is 0.192. The largest absolute Gasteiger partial charge is 0.224 e. The average Bonchev–Trinajstić information content (AvgIpc) is 1.83. The van der Waals surface area contributed by atoms with Crippen molar-refractivity contribution >= 4 is 9.84 Å². The Hall–Kier alpha value is -0.970. The molecule has 0 atom stereocenters. The lowest BCUT2D eigenvalue weighted by Crippen LogP contribution is -2.02. The molecule has 3 nitrogen and oxygen atoms in total. The molecule has 0 saturated carbocycles. The third-order valence-corrected chi connectivity index (χ3v) is 2.63. The minimum absolute atomic E-state index is 0.0731. The smallest absolute Gasteiger partial charge is 0.213 e. The molecule has 66 valence electrons. The number of sulfone groups is 1. The number of rotatable bonds is 1. The maximum Gasteiger partial charge on any atom is 0.213 e. The molecule has 0 bridgehead atoms. The van der Waals surface area contributed by atoms with Crippen LogP contribution >= 0.6 is 0 Å². The van der Waals surface area contributed by atoms with E-state index in [1.54, 1.807) is 0 Å². The molecule has 0 aliphatic heterocycles. The fourth-order valence-electron chi connectivity index (χ4n) is 0.910. The third-order valence-electron chi connectivity index (χ3n) is 1.40. The van der Waals surface area contributed by atoms with Crippen LogP contribution in [0.15, 0.2) is 17.0 Å². The van der Waals surface area contributed by atoms with Gasteiger partial charge in [-0.05, 0) is 19.1 Å². The first-order chi connectivity index (χ1) is 5.41. The molecule has 0 amide bonds. The van der Waals surface area contributed by atoms with Gasteiger partial charge in [-0.25, -0.2) is 13.4 Å². The van der Waals surface area contributed by atoms with Crippen molar-refractivity contribution < 1.29 is 12.8 Å². The highest BCUT2D eigenvalue weighted by Crippen LogP contribution is 2.12. The topological polar surface area (TPSA) is 47.0 Å². The molecule has 0 saturated heterocycles. The van der Waals surface area contributed by atoms with Gasteiger partial charge in [0, 0.05) is 6.26 Å². The maximum atomic E-state index is 12.4. The van der Waals surface area contributed by atoms with E-state index < -0.39 is 15.8 Å². The zero-order chi connectivity index (χ0) is 9.35. The number of hydrogen-bond donors (Lipinski definition) is 0. The number of aromatic nitrogens is 1. The van der Waals surface area contributed by atoms with Gasteiger partial charge in [-0.15, -0.1) is 0 Å². The first kappa shape index (κ1) is 9.12. The minimum atomic E-state index is -3.28. The Kier molecular flexibility index (Phi) is 2.14. The summed E-state index contributed by atoms with van der Waals surface area (Å²) in [6, 6.07) is 2.25. The molecule has 0 fully saturated rings. The predicted octanol–water partition coefficient (Wildman–Crippen LogP) is 0.933. The van der Waals surface area contributed by atoms with Crippen LogP contribution in [0.25, 0.3) is 0 Å². The van der Waals surface area contributed by atoms with E-state index in [1.165, 1.54) is 13.0 Å². The predicted molar refractivity (Wildman–Crippen MR) is 42.0 cm³/mol. The summed E-state index contributed by atoms with van der Waals surface area (Å²) in [6.07, 6.45) is 1.06. The van der Waals surface area contributed by atoms with Gasteiger partial charge in [-0.3, -0.25) is 0 Å². The summed E-state index contributed by atoms with van der Waals surface area (Å²) in [5, 5.41) is 0. The molecule has 0 N–H and O–H groups in total. The molecule has 12 heavy (non-hydrogen) atoms. The van der Waals surface area contributed by atoms with Gasteiger partial charge in [-0.2, -0.15) is 4.39 Å². The monoisotopic (exact) mass is 189 g/mol. The lowest BCUT2D eigenvalue weighted by atomic mass is 10.4. The molecular formula is C7H8FNO2S. The van der Waals surface area contributed by atoms with Crippen molar-refractivity contribution in [2.45, 2.75) is 11.8 Å². The van der Waals surface area contributed by atoms with Crippen molar-refractivity contribution in [3.05, 3.63) is 23.8 Å². The van der Waals surface area contributed by atoms with Crippen molar-refractivity contribution in [1.29, 1.82) is 0 Å². The van der Waals surface area contributed by atoms with E-state index in [9.17, 15) is 12.8 Å². The Labute approximate surface area is 70.2 Å². The van der Waals surface area contributed by atoms with E-state index >= 15 is 0 Å². The van der Waals surface area contributed by atoms with Crippen LogP contribution in [0.4, 0.5) is 4.39 Å². The van der Waals surface area contributed by atoms with Gasteiger partial charge < -0.3 is 0 Å². The van der Waals surface area contributed by atoms with E-state index in [0.717, 1.165) is 12.3 Å². The van der Waals surface area contributed by atoms with Gasteiger partial charge in [0.05, 0.1) is 10.6 Å². The number of aryl methyl sites for hydroxylation is 1. The molecule has 0 radical (unpaired) electrons. The van der Waals surface area contributed by atoms with Crippen molar-refractivity contribution in [2.24, 2.45) is 0 Å². The summed E-state index contributed by atoms with van der Waals surface area (Å²) in [4.78, 5) is 3.47. The second-order valence-electron chi connectivity index (χ2n) is 2.49. The van der Waals surface area contributed by atoms with Crippen LogP contribution in [0, 0.1) is 12.9 Å². The van der Waals surface area contributed by atoms with Gasteiger partial charge in [0.2, 0.25) is 5.95 Å². The third kappa shape index (κ3) is 1.79. The molecule has 0 unspecified atom stereocenters. The molecule has 0 aromatic carbocycles. The Morgan fingerprint density at radius 2 is 2.00 bits per heavy atom. The molecule has 0 aliphatic rings. The molecule has 1 aromatic rings. The highest BCUT2D eigenvalue weighted by molar-refractivity contribution is 7.90. The number of halogens is 1. The van der Waals surface area contributed by atoms with E-state index in [-0.39, 0.29) is 10.6 Å². The average molecular weight is 189 g/mol. The van der Waals surface area contributed by atoms with Crippen LogP contribution in [-0.4, -0.2) is 19.7 Å². The van der Waals surface area contributed by atoms with Crippen LogP contribution in [0.5, 0.6) is 0 Å². The van der Waals surface area contributed by atoms with Crippen LogP contribution in [-0.2, 0) is 9.84 Å². The highest BCUT2D eigenvalue weighted by atomic mass is 32.2. The standard InChI is InChI=1S/C7H8FNO2S/c1-5-6(12(2,10)11)3-4-7(8)9-5/h3-4H,1-2H3. The van der Waals surface area contributed by atoms with E-state index in [1.807, 2.05) is 0 Å². The SMILES string of the molecule is Cc1nc(F)ccc1S(C)(=O)=O. The fraction of sp³-hybridized carbons (Fsp3) is 0.286. The Balaban J connectivity index is 3.39. The van der Waals surface area contributed by atoms with Crippen LogP contribution < -0.4 is 0 Å². The lowest BCUT2D eigenvalue weighted by Gasteiger charge is -2.00. The summed E-state index contributed by atoms with van der Waals surface area (Å²) >= 11 is 0. The summed E-state index contributed by atoms with van der Waals surface area (Å²) in [6.45, 7) is 1.46. The van der Waals surface area contributed by atoms with Crippen molar-refractivity contribution in [3.8, 4) is 0 Å². The molecule has 1 rings (SSSR count). The number of pyridine rings is 1. The normalized spacial score (nSPS) is 11.6. The van der Waals surface area contributed by atoms with E-state index in [4.69, 9.17) is 0 Å². The van der Waals surface area contributed by atoms with Crippen LogP contribution in [0.2, 0.25) is 0 Å². The molecule has 0 aliphatic carbocycles. The van der Waals surface area contributed by atoms with E-state index in [2.05, 4.69) is 4.98 Å². The van der Waals surface area contributed by atoms with Crippen molar-refractivity contribution in [1.82, 2.24) is 4.98 Å². The van der Waals surface area contributed by atoms with E-state index in [0.29, 0.717) is 0 Å². The quantitative estimate of drug-likeness (QED) is 0.617. The minimum Gasteiger partial charge on any atom is -0.224 e. The number of hydrogen-bond acceptors (Lipinski definition) is 3. The maximum absolute atomic E-state index is 12.4. The number of nitrogens with zero attached hydrogens (tertiary/aromatic N) is 1. The second kappa shape index (κ2) is 2.82. The second-order valence-corrected chi connectivity index (χ2v) is 4.47. The van der Waals surface area contributed by atoms with Gasteiger partial charge in [0.25, 0.3) is 0 Å². The first-order valence-corrected chi connectivity index (χ1v) is 5.13. The Morgan fingerprint density at radius 3 is 2.42 bits per heavy atom. The van der Waals surface area contributed by atoms with Crippen molar-refractivity contribution in [2.75, 3.05) is 6.26 Å². The van der Waals surface area contributed by atoms with Gasteiger partial charge in [0.15, 0.2) is 9.84 Å². The summed E-state index contributed by atoms with van der Waals surface area (Å²) < 4.78 is 34.4. The molecule has 1 heterocycles. The molecule has 0 spiro atoms.